The number of hydrogen-bond donors (Lipinski definition) is 2. The molecule has 176 valence electrons. The molecule has 4 heterocycles. The zero-order chi connectivity index (χ0) is 23.8. The lowest BCUT2D eigenvalue weighted by Gasteiger charge is -2.18. The molecule has 2 N–H and O–H groups in total. The van der Waals surface area contributed by atoms with Gasteiger partial charge in [0.2, 0.25) is 11.8 Å². The van der Waals surface area contributed by atoms with Crippen molar-refractivity contribution in [1.82, 2.24) is 29.6 Å². The minimum absolute atomic E-state index is 0.0121. The van der Waals surface area contributed by atoms with Gasteiger partial charge in [0, 0.05) is 36.7 Å². The summed E-state index contributed by atoms with van der Waals surface area (Å²) in [4.78, 5) is 26.7. The number of benzene rings is 1. The molecular formula is C25H29N7O2. The van der Waals surface area contributed by atoms with Crippen LogP contribution >= 0.6 is 0 Å². The van der Waals surface area contributed by atoms with E-state index >= 15 is 0 Å². The van der Waals surface area contributed by atoms with Crippen LogP contribution < -0.4 is 20.9 Å². The van der Waals surface area contributed by atoms with Gasteiger partial charge in [-0.05, 0) is 70.0 Å². The molecule has 9 nitrogen and oxygen atoms in total. The molecule has 34 heavy (non-hydrogen) atoms. The van der Waals surface area contributed by atoms with Gasteiger partial charge < -0.3 is 15.4 Å². The average molecular weight is 460 g/mol. The van der Waals surface area contributed by atoms with Gasteiger partial charge >= 0.3 is 0 Å². The highest BCUT2D eigenvalue weighted by molar-refractivity contribution is 5.77. The Bertz CT molecular complexity index is 1400. The summed E-state index contributed by atoms with van der Waals surface area (Å²) in [5.74, 6) is 0.928. The van der Waals surface area contributed by atoms with Gasteiger partial charge in [0.05, 0.1) is 11.8 Å². The topological polar surface area (TPSA) is 98.9 Å². The highest BCUT2D eigenvalue weighted by Crippen LogP contribution is 2.24. The van der Waals surface area contributed by atoms with Crippen molar-refractivity contribution in [1.29, 1.82) is 0 Å². The quantitative estimate of drug-likeness (QED) is 0.453. The van der Waals surface area contributed by atoms with E-state index in [9.17, 15) is 4.79 Å². The maximum absolute atomic E-state index is 13.2. The number of fused-ring (bicyclic) bond motifs is 2. The molecule has 5 rings (SSSR count). The van der Waals surface area contributed by atoms with E-state index in [1.165, 1.54) is 11.1 Å². The molecule has 1 aliphatic heterocycles. The third-order valence-corrected chi connectivity index (χ3v) is 5.78. The number of rotatable bonds is 6. The summed E-state index contributed by atoms with van der Waals surface area (Å²) in [5.41, 5.74) is 4.70. The first-order valence-corrected chi connectivity index (χ1v) is 11.6. The van der Waals surface area contributed by atoms with Gasteiger partial charge in [-0.3, -0.25) is 4.79 Å². The lowest BCUT2D eigenvalue weighted by Crippen LogP contribution is -2.24. The van der Waals surface area contributed by atoms with E-state index in [1.807, 2.05) is 50.6 Å². The van der Waals surface area contributed by atoms with E-state index in [0.29, 0.717) is 22.9 Å². The number of pyridine rings is 1. The van der Waals surface area contributed by atoms with E-state index in [-0.39, 0.29) is 17.7 Å². The molecule has 0 aliphatic carbocycles. The Morgan fingerprint density at radius 3 is 2.74 bits per heavy atom. The maximum atomic E-state index is 13.2. The van der Waals surface area contributed by atoms with Crippen LogP contribution in [0.4, 0.5) is 11.6 Å². The van der Waals surface area contributed by atoms with Crippen LogP contribution in [0, 0.1) is 0 Å². The minimum atomic E-state index is -0.138. The Morgan fingerprint density at radius 1 is 1.09 bits per heavy atom. The van der Waals surface area contributed by atoms with Crippen LogP contribution in [0.2, 0.25) is 0 Å². The largest absolute Gasteiger partial charge is 0.475 e. The predicted octanol–water partition coefficient (Wildman–Crippen LogP) is 3.73. The summed E-state index contributed by atoms with van der Waals surface area (Å²) in [6, 6.07) is 9.89. The van der Waals surface area contributed by atoms with Crippen molar-refractivity contribution in [2.75, 3.05) is 11.9 Å². The Hall–Kier alpha value is -3.72. The van der Waals surface area contributed by atoms with Crippen molar-refractivity contribution < 1.29 is 4.74 Å². The fourth-order valence-electron chi connectivity index (χ4n) is 4.29. The SMILES string of the molecule is CC(C)Oc1cc(-n2c3nc(Nc4ccc5c(c4)CCNC5)ncc3c(=O)n2C(C)C)ccn1. The molecule has 0 atom stereocenters. The predicted molar refractivity (Wildman–Crippen MR) is 132 cm³/mol. The standard InChI is InChI=1S/C25H29N7O2/c1-15(2)31-24(33)21-14-28-25(29-19-6-5-18-13-26-9-7-17(18)11-19)30-23(21)32(31)20-8-10-27-22(12-20)34-16(3)4/h5-6,8,10-12,14-16,26H,7,9,13H2,1-4H3,(H,28,29,30). The number of hydrogen-bond acceptors (Lipinski definition) is 7. The molecule has 1 aliphatic rings. The minimum Gasteiger partial charge on any atom is -0.475 e. The number of ether oxygens (including phenoxy) is 1. The zero-order valence-corrected chi connectivity index (χ0v) is 19.9. The molecule has 0 saturated heterocycles. The first-order chi connectivity index (χ1) is 16.4. The third-order valence-electron chi connectivity index (χ3n) is 5.78. The van der Waals surface area contributed by atoms with Gasteiger partial charge in [-0.15, -0.1) is 0 Å². The summed E-state index contributed by atoms with van der Waals surface area (Å²) < 4.78 is 9.29. The smallest absolute Gasteiger partial charge is 0.278 e. The van der Waals surface area contributed by atoms with Crippen LogP contribution in [0.3, 0.4) is 0 Å². The van der Waals surface area contributed by atoms with Crippen molar-refractivity contribution in [3.63, 3.8) is 0 Å². The van der Waals surface area contributed by atoms with E-state index in [0.717, 1.165) is 30.9 Å². The fourth-order valence-corrected chi connectivity index (χ4v) is 4.29. The number of nitrogens with one attached hydrogen (secondary N) is 2. The van der Waals surface area contributed by atoms with Crippen LogP contribution in [0.15, 0.2) is 47.5 Å². The highest BCUT2D eigenvalue weighted by Gasteiger charge is 2.20. The van der Waals surface area contributed by atoms with Gasteiger partial charge in [-0.2, -0.15) is 4.98 Å². The number of aromatic nitrogens is 5. The first-order valence-electron chi connectivity index (χ1n) is 11.6. The summed E-state index contributed by atoms with van der Waals surface area (Å²) in [6.45, 7) is 9.71. The third kappa shape index (κ3) is 4.14. The second-order valence-electron chi connectivity index (χ2n) is 9.04. The van der Waals surface area contributed by atoms with Crippen LogP contribution in [-0.4, -0.2) is 37.0 Å². The highest BCUT2D eigenvalue weighted by atomic mass is 16.5. The molecule has 1 aromatic carbocycles. The van der Waals surface area contributed by atoms with Crippen LogP contribution in [0.1, 0.15) is 44.9 Å². The van der Waals surface area contributed by atoms with Gasteiger partial charge in [0.15, 0.2) is 5.65 Å². The lowest BCUT2D eigenvalue weighted by atomic mass is 10.0. The summed E-state index contributed by atoms with van der Waals surface area (Å²) >= 11 is 0. The van der Waals surface area contributed by atoms with E-state index in [1.54, 1.807) is 17.1 Å². The molecule has 4 aromatic rings. The van der Waals surface area contributed by atoms with Gasteiger partial charge in [-0.25, -0.2) is 19.3 Å². The Morgan fingerprint density at radius 2 is 1.94 bits per heavy atom. The van der Waals surface area contributed by atoms with Gasteiger partial charge in [0.25, 0.3) is 5.56 Å². The zero-order valence-electron chi connectivity index (χ0n) is 19.9. The molecule has 0 fully saturated rings. The Balaban J connectivity index is 1.60. The summed E-state index contributed by atoms with van der Waals surface area (Å²) in [6.07, 6.45) is 4.25. The second kappa shape index (κ2) is 8.90. The molecule has 0 saturated carbocycles. The molecule has 0 radical (unpaired) electrons. The van der Waals surface area contributed by atoms with E-state index in [2.05, 4.69) is 32.7 Å². The first kappa shape index (κ1) is 22.1. The normalized spacial score (nSPS) is 13.5. The monoisotopic (exact) mass is 459 g/mol. The van der Waals surface area contributed by atoms with Crippen molar-refractivity contribution in [2.24, 2.45) is 0 Å². The van der Waals surface area contributed by atoms with Crippen molar-refractivity contribution in [3.05, 3.63) is 64.2 Å². The Labute approximate surface area is 197 Å². The molecular weight excluding hydrogens is 430 g/mol. The van der Waals surface area contributed by atoms with Gasteiger partial charge in [0.1, 0.15) is 5.39 Å². The Kier molecular flexibility index (Phi) is 5.79. The fraction of sp³-hybridized carbons (Fsp3) is 0.360. The summed E-state index contributed by atoms with van der Waals surface area (Å²) in [7, 11) is 0. The van der Waals surface area contributed by atoms with E-state index < -0.39 is 0 Å². The molecule has 3 aromatic heterocycles. The second-order valence-corrected chi connectivity index (χ2v) is 9.04. The molecule has 0 spiro atoms. The average Bonchev–Trinajstić information content (AvgIpc) is 3.11. The van der Waals surface area contributed by atoms with Crippen molar-refractivity contribution in [2.45, 2.75) is 52.8 Å². The van der Waals surface area contributed by atoms with Gasteiger partial charge in [-0.1, -0.05) is 6.07 Å². The molecule has 0 amide bonds. The van der Waals surface area contributed by atoms with Crippen LogP contribution in [-0.2, 0) is 13.0 Å². The summed E-state index contributed by atoms with van der Waals surface area (Å²) in [5, 5.41) is 7.16. The molecule has 0 unspecified atom stereocenters. The molecule has 9 heteroatoms. The lowest BCUT2D eigenvalue weighted by molar-refractivity contribution is 0.232. The van der Waals surface area contributed by atoms with Crippen LogP contribution in [0.5, 0.6) is 5.88 Å². The molecule has 0 bridgehead atoms. The van der Waals surface area contributed by atoms with Crippen molar-refractivity contribution >= 4 is 22.7 Å². The van der Waals surface area contributed by atoms with E-state index in [4.69, 9.17) is 9.72 Å². The van der Waals surface area contributed by atoms with Crippen LogP contribution in [0.25, 0.3) is 16.7 Å². The number of anilines is 2. The van der Waals surface area contributed by atoms with Crippen molar-refractivity contribution in [3.8, 4) is 11.6 Å². The number of nitrogens with zero attached hydrogens (tertiary/aromatic N) is 5. The maximum Gasteiger partial charge on any atom is 0.278 e.